The van der Waals surface area contributed by atoms with E-state index in [4.69, 9.17) is 18.7 Å². The predicted octanol–water partition coefficient (Wildman–Crippen LogP) is 2.14. The predicted molar refractivity (Wildman–Crippen MR) is 75.2 cm³/mol. The molecule has 2 aliphatic rings. The molecule has 0 aromatic carbocycles. The summed E-state index contributed by atoms with van der Waals surface area (Å²) in [6.45, 7) is 4.57. The Morgan fingerprint density at radius 2 is 2.18 bits per heavy atom. The number of ether oxygens (including phenoxy) is 3. The fourth-order valence-corrected chi connectivity index (χ4v) is 2.34. The van der Waals surface area contributed by atoms with Crippen LogP contribution < -0.4 is 0 Å². The first-order chi connectivity index (χ1) is 10.6. The molecule has 0 spiro atoms. The number of esters is 1. The van der Waals surface area contributed by atoms with Crippen LogP contribution in [-0.4, -0.2) is 41.5 Å². The molecule has 1 saturated carbocycles. The summed E-state index contributed by atoms with van der Waals surface area (Å²) in [6.07, 6.45) is 3.10. The third-order valence-electron chi connectivity index (χ3n) is 3.93. The zero-order valence-electron chi connectivity index (χ0n) is 13.0. The van der Waals surface area contributed by atoms with Crippen molar-refractivity contribution >= 4 is 5.97 Å². The number of hydrogen-bond acceptors (Lipinski definition) is 7. The summed E-state index contributed by atoms with van der Waals surface area (Å²) in [4.78, 5) is 16.3. The van der Waals surface area contributed by atoms with Crippen LogP contribution in [0.4, 0.5) is 0 Å². The lowest BCUT2D eigenvalue weighted by atomic mass is 10.2. The zero-order valence-corrected chi connectivity index (χ0v) is 13.0. The van der Waals surface area contributed by atoms with Crippen LogP contribution in [0.15, 0.2) is 4.52 Å². The van der Waals surface area contributed by atoms with Crippen LogP contribution in [0.1, 0.15) is 63.3 Å². The molecular weight excluding hydrogens is 288 g/mol. The van der Waals surface area contributed by atoms with Gasteiger partial charge in [-0.2, -0.15) is 4.98 Å². The van der Waals surface area contributed by atoms with Crippen molar-refractivity contribution in [3.05, 3.63) is 11.7 Å². The van der Waals surface area contributed by atoms with Gasteiger partial charge in [0, 0.05) is 12.5 Å². The number of rotatable bonds is 7. The molecule has 0 N–H and O–H groups in total. The van der Waals surface area contributed by atoms with Crippen molar-refractivity contribution in [1.82, 2.24) is 10.1 Å². The molecule has 0 bridgehead atoms. The second kappa shape index (κ2) is 6.75. The van der Waals surface area contributed by atoms with Gasteiger partial charge in [0.2, 0.25) is 0 Å². The largest absolute Gasteiger partial charge is 0.451 e. The van der Waals surface area contributed by atoms with Crippen molar-refractivity contribution < 1.29 is 23.5 Å². The molecule has 1 aliphatic carbocycles. The van der Waals surface area contributed by atoms with E-state index >= 15 is 0 Å². The Balaban J connectivity index is 1.44. The van der Waals surface area contributed by atoms with E-state index < -0.39 is 18.2 Å². The van der Waals surface area contributed by atoms with Crippen molar-refractivity contribution in [2.24, 2.45) is 0 Å². The van der Waals surface area contributed by atoms with Crippen molar-refractivity contribution in [2.75, 3.05) is 13.2 Å². The Kier molecular flexibility index (Phi) is 4.73. The normalized spacial score (nSPS) is 24.2. The van der Waals surface area contributed by atoms with E-state index in [0.717, 1.165) is 32.3 Å². The molecule has 1 aromatic heterocycles. The van der Waals surface area contributed by atoms with Gasteiger partial charge in [0.25, 0.3) is 5.89 Å². The highest BCUT2D eigenvalue weighted by Crippen LogP contribution is 2.38. The maximum atomic E-state index is 12.0. The summed E-state index contributed by atoms with van der Waals surface area (Å²) in [5.74, 6) is 1.02. The second-order valence-corrected chi connectivity index (χ2v) is 5.95. The van der Waals surface area contributed by atoms with E-state index in [9.17, 15) is 4.79 Å². The average molecular weight is 310 g/mol. The van der Waals surface area contributed by atoms with Gasteiger partial charge in [-0.25, -0.2) is 4.79 Å². The molecule has 1 saturated heterocycles. The fourth-order valence-electron chi connectivity index (χ4n) is 2.34. The van der Waals surface area contributed by atoms with Crippen LogP contribution in [0.5, 0.6) is 0 Å². The summed E-state index contributed by atoms with van der Waals surface area (Å²) in [5.41, 5.74) is 0. The maximum absolute atomic E-state index is 12.0. The first-order valence-electron chi connectivity index (χ1n) is 7.90. The summed E-state index contributed by atoms with van der Waals surface area (Å²) < 4.78 is 21.4. The molecule has 1 aromatic rings. The van der Waals surface area contributed by atoms with Gasteiger partial charge in [-0.15, -0.1) is 0 Å². The van der Waals surface area contributed by atoms with Crippen LogP contribution in [0.3, 0.4) is 0 Å². The monoisotopic (exact) mass is 310 g/mol. The molecule has 122 valence electrons. The van der Waals surface area contributed by atoms with Crippen molar-refractivity contribution in [1.29, 1.82) is 0 Å². The Hall–Kier alpha value is -1.47. The van der Waals surface area contributed by atoms with E-state index in [1.807, 2.05) is 0 Å². The fraction of sp³-hybridized carbons (Fsp3) is 0.800. The van der Waals surface area contributed by atoms with Gasteiger partial charge in [0.1, 0.15) is 0 Å². The molecule has 2 fully saturated rings. The first-order valence-corrected chi connectivity index (χ1v) is 7.90. The molecule has 0 amide bonds. The molecule has 7 heteroatoms. The molecule has 7 nitrogen and oxygen atoms in total. The van der Waals surface area contributed by atoms with Gasteiger partial charge in [-0.05, 0) is 39.5 Å². The minimum absolute atomic E-state index is 0.0877. The smallest absolute Gasteiger partial charge is 0.335 e. The number of carbonyl (C=O) groups is 1. The van der Waals surface area contributed by atoms with Gasteiger partial charge in [0.15, 0.2) is 18.0 Å². The highest BCUT2D eigenvalue weighted by Gasteiger charge is 2.31. The second-order valence-electron chi connectivity index (χ2n) is 5.95. The minimum Gasteiger partial charge on any atom is -0.451 e. The van der Waals surface area contributed by atoms with E-state index in [1.54, 1.807) is 13.8 Å². The van der Waals surface area contributed by atoms with Crippen molar-refractivity contribution in [3.63, 3.8) is 0 Å². The topological polar surface area (TPSA) is 83.7 Å². The summed E-state index contributed by atoms with van der Waals surface area (Å²) in [7, 11) is 0. The van der Waals surface area contributed by atoms with E-state index in [1.165, 1.54) is 0 Å². The van der Waals surface area contributed by atoms with Gasteiger partial charge in [0.05, 0.1) is 12.7 Å². The van der Waals surface area contributed by atoms with Gasteiger partial charge < -0.3 is 18.7 Å². The Morgan fingerprint density at radius 3 is 2.86 bits per heavy atom. The summed E-state index contributed by atoms with van der Waals surface area (Å²) in [5, 5.41) is 3.91. The zero-order chi connectivity index (χ0) is 15.5. The van der Waals surface area contributed by atoms with Crippen LogP contribution in [0.2, 0.25) is 0 Å². The lowest BCUT2D eigenvalue weighted by Gasteiger charge is -2.17. The summed E-state index contributed by atoms with van der Waals surface area (Å²) >= 11 is 0. The van der Waals surface area contributed by atoms with Gasteiger partial charge in [-0.1, -0.05) is 5.16 Å². The van der Waals surface area contributed by atoms with Crippen molar-refractivity contribution in [3.8, 4) is 0 Å². The van der Waals surface area contributed by atoms with Crippen LogP contribution in [0, 0.1) is 0 Å². The number of nitrogens with zero attached hydrogens (tertiary/aromatic N) is 2. The van der Waals surface area contributed by atoms with Crippen LogP contribution >= 0.6 is 0 Å². The minimum atomic E-state index is -0.641. The van der Waals surface area contributed by atoms with E-state index in [-0.39, 0.29) is 6.10 Å². The third-order valence-corrected chi connectivity index (χ3v) is 3.93. The molecule has 2 heterocycles. The molecule has 22 heavy (non-hydrogen) atoms. The van der Waals surface area contributed by atoms with Crippen LogP contribution in [-0.2, 0) is 19.0 Å². The maximum Gasteiger partial charge on any atom is 0.335 e. The Bertz CT molecular complexity index is 508. The van der Waals surface area contributed by atoms with E-state index in [2.05, 4.69) is 10.1 Å². The van der Waals surface area contributed by atoms with Crippen molar-refractivity contribution in [2.45, 2.75) is 63.8 Å². The average Bonchev–Trinajstić information content (AvgIpc) is 3.04. The highest BCUT2D eigenvalue weighted by atomic mass is 16.6. The van der Waals surface area contributed by atoms with Gasteiger partial charge >= 0.3 is 5.97 Å². The quantitative estimate of drug-likeness (QED) is 0.713. The highest BCUT2D eigenvalue weighted by molar-refractivity contribution is 5.74. The van der Waals surface area contributed by atoms with Gasteiger partial charge in [-0.3, -0.25) is 0 Å². The first kappa shape index (κ1) is 15.4. The molecular formula is C15H22N2O5. The molecule has 3 unspecified atom stereocenters. The Labute approximate surface area is 129 Å². The molecule has 1 aliphatic heterocycles. The number of hydrogen-bond donors (Lipinski definition) is 0. The summed E-state index contributed by atoms with van der Waals surface area (Å²) in [6, 6.07) is 0. The lowest BCUT2D eigenvalue weighted by molar-refractivity contribution is -0.164. The van der Waals surface area contributed by atoms with E-state index in [0.29, 0.717) is 24.2 Å². The molecule has 3 atom stereocenters. The number of aromatic nitrogens is 2. The standard InChI is InChI=1S/C15H22N2O5/c1-9(14-16-13(17-22-14)11-5-6-11)21-15(18)10(2)20-8-12-4-3-7-19-12/h9-12H,3-8H2,1-2H3. The number of carbonyl (C=O) groups excluding carboxylic acids is 1. The molecule has 0 radical (unpaired) electrons. The lowest BCUT2D eigenvalue weighted by Crippen LogP contribution is -2.28. The SMILES string of the molecule is CC(OCC1CCCO1)C(=O)OC(C)c1nc(C2CC2)no1. The van der Waals surface area contributed by atoms with Crippen LogP contribution in [0.25, 0.3) is 0 Å². The molecule has 3 rings (SSSR count). The Morgan fingerprint density at radius 1 is 1.36 bits per heavy atom. The third kappa shape index (κ3) is 3.84.